The number of H-pyrrole nitrogens is 1. The second-order valence-corrected chi connectivity index (χ2v) is 4.48. The van der Waals surface area contributed by atoms with Gasteiger partial charge in [0.05, 0.1) is 6.07 Å². The highest BCUT2D eigenvalue weighted by atomic mass is 32.2. The largest absolute Gasteiger partial charge is 0.343 e. The topological polar surface area (TPSA) is 86.5 Å². The molecule has 0 radical (unpaired) electrons. The maximum atomic E-state index is 11.3. The van der Waals surface area contributed by atoms with Crippen LogP contribution in [0.5, 0.6) is 0 Å². The van der Waals surface area contributed by atoms with Crippen LogP contribution in [-0.4, -0.2) is 33.1 Å². The minimum absolute atomic E-state index is 0.215. The molecule has 0 amide bonds. The molecule has 1 rings (SSSR count). The highest BCUT2D eigenvalue weighted by Gasteiger charge is 2.22. The maximum absolute atomic E-state index is 11.3. The fraction of sp³-hybridized carbons (Fsp3) is 0.667. The Morgan fingerprint density at radius 2 is 2.44 bits per heavy atom. The zero-order valence-corrected chi connectivity index (χ0v) is 10.4. The zero-order chi connectivity index (χ0) is 12.2. The van der Waals surface area contributed by atoms with Gasteiger partial charge in [0.25, 0.3) is 0 Å². The molecule has 1 aromatic rings. The number of nitrogens with zero attached hydrogens (tertiary/aromatic N) is 3. The van der Waals surface area contributed by atoms with E-state index in [0.717, 1.165) is 0 Å². The van der Waals surface area contributed by atoms with Gasteiger partial charge in [-0.1, -0.05) is 11.8 Å². The van der Waals surface area contributed by atoms with Crippen LogP contribution in [0.15, 0.2) is 9.95 Å². The molecular weight excluding hydrogens is 226 g/mol. The van der Waals surface area contributed by atoms with Crippen molar-refractivity contribution >= 4 is 11.8 Å². The first-order valence-electron chi connectivity index (χ1n) is 4.94. The van der Waals surface area contributed by atoms with Gasteiger partial charge in [-0.3, -0.25) is 4.57 Å². The lowest BCUT2D eigenvalue weighted by Crippen LogP contribution is -2.40. The first-order valence-corrected chi connectivity index (χ1v) is 5.93. The standard InChI is InChI=1S/C9H15N5OS/c1-4-14-7(15)12-13-8(14)16-6-9(2,5-10)11-3/h11H,4,6H2,1-3H3,(H,12,15). The van der Waals surface area contributed by atoms with Gasteiger partial charge >= 0.3 is 5.69 Å². The quantitative estimate of drug-likeness (QED) is 0.718. The lowest BCUT2D eigenvalue weighted by molar-refractivity contribution is 0.548. The first kappa shape index (κ1) is 12.8. The molecule has 0 fully saturated rings. The summed E-state index contributed by atoms with van der Waals surface area (Å²) in [4.78, 5) is 11.3. The predicted octanol–water partition coefficient (Wildman–Crippen LogP) is 0.185. The predicted molar refractivity (Wildman–Crippen MR) is 62.3 cm³/mol. The summed E-state index contributed by atoms with van der Waals surface area (Å²) in [6.07, 6.45) is 0. The molecule has 2 N–H and O–H groups in total. The highest BCUT2D eigenvalue weighted by Crippen LogP contribution is 2.18. The van der Waals surface area contributed by atoms with Crippen LogP contribution in [0.3, 0.4) is 0 Å². The van der Waals surface area contributed by atoms with Crippen molar-refractivity contribution in [3.8, 4) is 6.07 Å². The summed E-state index contributed by atoms with van der Waals surface area (Å²) in [5.74, 6) is 0.532. The minimum Gasteiger partial charge on any atom is -0.302 e. The van der Waals surface area contributed by atoms with Gasteiger partial charge in [-0.15, -0.1) is 5.10 Å². The molecule has 16 heavy (non-hydrogen) atoms. The third kappa shape index (κ3) is 2.65. The van der Waals surface area contributed by atoms with Gasteiger partial charge in [0, 0.05) is 12.3 Å². The number of aromatic nitrogens is 3. The van der Waals surface area contributed by atoms with Gasteiger partial charge < -0.3 is 5.32 Å². The van der Waals surface area contributed by atoms with Crippen molar-refractivity contribution in [3.05, 3.63) is 10.5 Å². The Hall–Kier alpha value is -1.26. The normalized spacial score (nSPS) is 14.4. The fourth-order valence-corrected chi connectivity index (χ4v) is 2.17. The van der Waals surface area contributed by atoms with Crippen molar-refractivity contribution in [2.75, 3.05) is 12.8 Å². The van der Waals surface area contributed by atoms with Gasteiger partial charge in [-0.2, -0.15) is 5.26 Å². The van der Waals surface area contributed by atoms with E-state index in [4.69, 9.17) is 5.26 Å². The van der Waals surface area contributed by atoms with E-state index >= 15 is 0 Å². The highest BCUT2D eigenvalue weighted by molar-refractivity contribution is 7.99. The van der Waals surface area contributed by atoms with Gasteiger partial charge in [0.15, 0.2) is 5.16 Å². The fourth-order valence-electron chi connectivity index (χ4n) is 1.06. The van der Waals surface area contributed by atoms with E-state index in [1.165, 1.54) is 16.3 Å². The van der Waals surface area contributed by atoms with Crippen LogP contribution in [0.2, 0.25) is 0 Å². The minimum atomic E-state index is -0.613. The van der Waals surface area contributed by atoms with Gasteiger partial charge in [0.1, 0.15) is 5.54 Å². The Kier molecular flexibility index (Phi) is 4.15. The molecule has 0 saturated heterocycles. The molecule has 6 nitrogen and oxygen atoms in total. The summed E-state index contributed by atoms with van der Waals surface area (Å²) in [5.41, 5.74) is -0.828. The third-order valence-corrected chi connectivity index (χ3v) is 3.62. The lowest BCUT2D eigenvalue weighted by Gasteiger charge is -2.19. The van der Waals surface area contributed by atoms with Crippen molar-refractivity contribution < 1.29 is 0 Å². The van der Waals surface area contributed by atoms with E-state index in [1.54, 1.807) is 14.0 Å². The van der Waals surface area contributed by atoms with Crippen molar-refractivity contribution in [3.63, 3.8) is 0 Å². The smallest absolute Gasteiger partial charge is 0.302 e. The summed E-state index contributed by atoms with van der Waals surface area (Å²) in [6.45, 7) is 4.25. The molecule has 1 heterocycles. The van der Waals surface area contributed by atoms with E-state index < -0.39 is 5.54 Å². The molecule has 0 spiro atoms. The average Bonchev–Trinajstić information content (AvgIpc) is 2.66. The Bertz CT molecular complexity index is 445. The van der Waals surface area contributed by atoms with E-state index in [-0.39, 0.29) is 5.69 Å². The Morgan fingerprint density at radius 1 is 1.75 bits per heavy atom. The van der Waals surface area contributed by atoms with E-state index in [2.05, 4.69) is 21.6 Å². The number of nitrogens with one attached hydrogen (secondary N) is 2. The monoisotopic (exact) mass is 241 g/mol. The number of nitriles is 1. The molecule has 0 aliphatic heterocycles. The second kappa shape index (κ2) is 5.18. The molecule has 0 aliphatic carbocycles. The molecule has 88 valence electrons. The molecule has 0 bridgehead atoms. The number of thioether (sulfide) groups is 1. The van der Waals surface area contributed by atoms with Gasteiger partial charge in [-0.05, 0) is 20.9 Å². The number of hydrogen-bond acceptors (Lipinski definition) is 5. The molecule has 0 aliphatic rings. The van der Waals surface area contributed by atoms with Crippen molar-refractivity contribution in [1.29, 1.82) is 5.26 Å². The van der Waals surface area contributed by atoms with Crippen LogP contribution in [0.1, 0.15) is 13.8 Å². The molecule has 1 unspecified atom stereocenters. The van der Waals surface area contributed by atoms with Crippen LogP contribution in [0.4, 0.5) is 0 Å². The summed E-state index contributed by atoms with van der Waals surface area (Å²) >= 11 is 1.38. The Labute approximate surface area is 98.0 Å². The summed E-state index contributed by atoms with van der Waals surface area (Å²) in [7, 11) is 1.74. The van der Waals surface area contributed by atoms with Crippen LogP contribution in [-0.2, 0) is 6.54 Å². The Balaban J connectivity index is 2.76. The van der Waals surface area contributed by atoms with E-state index in [1.807, 2.05) is 6.92 Å². The van der Waals surface area contributed by atoms with Crippen LogP contribution in [0.25, 0.3) is 0 Å². The second-order valence-electron chi connectivity index (χ2n) is 3.54. The SMILES string of the molecule is CCn1c(SCC(C)(C#N)NC)n[nH]c1=O. The lowest BCUT2D eigenvalue weighted by atomic mass is 10.1. The zero-order valence-electron chi connectivity index (χ0n) is 9.57. The molecule has 1 atom stereocenters. The third-order valence-electron chi connectivity index (χ3n) is 2.33. The molecule has 0 aromatic carbocycles. The van der Waals surface area contributed by atoms with Crippen molar-refractivity contribution in [2.24, 2.45) is 0 Å². The van der Waals surface area contributed by atoms with E-state index in [0.29, 0.717) is 17.5 Å². The summed E-state index contributed by atoms with van der Waals surface area (Å²) in [5, 5.41) is 18.8. The number of hydrogen-bond donors (Lipinski definition) is 2. The van der Waals surface area contributed by atoms with Gasteiger partial charge in [-0.25, -0.2) is 9.89 Å². The van der Waals surface area contributed by atoms with Crippen LogP contribution >= 0.6 is 11.8 Å². The first-order chi connectivity index (χ1) is 7.56. The van der Waals surface area contributed by atoms with Crippen molar-refractivity contribution in [2.45, 2.75) is 31.1 Å². The molecule has 1 aromatic heterocycles. The summed E-state index contributed by atoms with van der Waals surface area (Å²) < 4.78 is 1.54. The van der Waals surface area contributed by atoms with Gasteiger partial charge in [0.2, 0.25) is 0 Å². The maximum Gasteiger partial charge on any atom is 0.343 e. The van der Waals surface area contributed by atoms with Crippen LogP contribution in [0, 0.1) is 11.3 Å². The Morgan fingerprint density at radius 3 is 2.94 bits per heavy atom. The van der Waals surface area contributed by atoms with E-state index in [9.17, 15) is 4.79 Å². The molecule has 0 saturated carbocycles. The van der Waals surface area contributed by atoms with Crippen molar-refractivity contribution in [1.82, 2.24) is 20.1 Å². The number of rotatable bonds is 5. The molecule has 7 heteroatoms. The summed E-state index contributed by atoms with van der Waals surface area (Å²) in [6, 6.07) is 2.19. The number of aromatic amines is 1. The molecular formula is C9H15N5OS. The van der Waals surface area contributed by atoms with Crippen LogP contribution < -0.4 is 11.0 Å². The average molecular weight is 241 g/mol.